The Labute approximate surface area is 114 Å². The zero-order valence-corrected chi connectivity index (χ0v) is 10.6. The van der Waals surface area contributed by atoms with E-state index in [9.17, 15) is 14.0 Å². The number of carbonyl (C=O) groups excluding carboxylic acids is 1. The van der Waals surface area contributed by atoms with Crippen LogP contribution in [-0.2, 0) is 4.79 Å². The molecule has 1 aromatic heterocycles. The van der Waals surface area contributed by atoms with Crippen LogP contribution in [0.4, 0.5) is 4.39 Å². The maximum atomic E-state index is 13.6. The van der Waals surface area contributed by atoms with Crippen LogP contribution in [0.3, 0.4) is 0 Å². The number of aliphatic carboxylic acids is 1. The highest BCUT2D eigenvalue weighted by Gasteiger charge is 2.26. The summed E-state index contributed by atoms with van der Waals surface area (Å²) in [5.74, 6) is -2.75. The normalized spacial score (nSPS) is 11.9. The first-order chi connectivity index (χ1) is 9.50. The van der Waals surface area contributed by atoms with E-state index >= 15 is 0 Å². The Hall–Kier alpha value is -2.63. The highest BCUT2D eigenvalue weighted by Crippen LogP contribution is 2.18. The molecule has 2 rings (SSSR count). The molecule has 0 bridgehead atoms. The predicted molar refractivity (Wildman–Crippen MR) is 67.7 cm³/mol. The van der Waals surface area contributed by atoms with E-state index in [0.717, 1.165) is 6.07 Å². The average molecular weight is 277 g/mol. The largest absolute Gasteiger partial charge is 0.479 e. The van der Waals surface area contributed by atoms with Crippen LogP contribution in [0.15, 0.2) is 41.0 Å². The fourth-order valence-electron chi connectivity index (χ4n) is 1.78. The van der Waals surface area contributed by atoms with Gasteiger partial charge in [-0.2, -0.15) is 0 Å². The van der Waals surface area contributed by atoms with Crippen LogP contribution in [0.2, 0.25) is 0 Å². The molecule has 0 aliphatic carbocycles. The molecule has 20 heavy (non-hydrogen) atoms. The summed E-state index contributed by atoms with van der Waals surface area (Å²) in [6, 6.07) is 5.48. The number of carbonyl (C=O) groups is 2. The fraction of sp³-hybridized carbons (Fsp3) is 0.143. The average Bonchev–Trinajstić information content (AvgIpc) is 2.83. The molecule has 0 saturated carbocycles. The van der Waals surface area contributed by atoms with E-state index in [1.165, 1.54) is 24.5 Å². The Kier molecular flexibility index (Phi) is 3.84. The molecule has 6 heteroatoms. The van der Waals surface area contributed by atoms with Crippen molar-refractivity contribution >= 4 is 11.9 Å². The summed E-state index contributed by atoms with van der Waals surface area (Å²) in [5, 5.41) is 11.4. The number of aryl methyl sites for hydroxylation is 1. The molecule has 1 heterocycles. The van der Waals surface area contributed by atoms with Crippen molar-refractivity contribution in [3.05, 3.63) is 59.3 Å². The van der Waals surface area contributed by atoms with E-state index < -0.39 is 23.7 Å². The summed E-state index contributed by atoms with van der Waals surface area (Å²) in [6.07, 6.45) is 1.32. The number of hydrogen-bond acceptors (Lipinski definition) is 3. The third-order valence-electron chi connectivity index (χ3n) is 2.81. The SMILES string of the molecule is Cc1ccoc1C(=O)N[C@@H](C(=O)O)c1ccccc1F. The number of amides is 1. The lowest BCUT2D eigenvalue weighted by atomic mass is 10.1. The van der Waals surface area contributed by atoms with Gasteiger partial charge in [0.1, 0.15) is 5.82 Å². The number of hydrogen-bond donors (Lipinski definition) is 2. The minimum Gasteiger partial charge on any atom is -0.479 e. The van der Waals surface area contributed by atoms with E-state index in [4.69, 9.17) is 9.52 Å². The van der Waals surface area contributed by atoms with Gasteiger partial charge in [0, 0.05) is 11.1 Å². The summed E-state index contributed by atoms with van der Waals surface area (Å²) < 4.78 is 18.6. The van der Waals surface area contributed by atoms with Crippen molar-refractivity contribution in [2.24, 2.45) is 0 Å². The second-order valence-electron chi connectivity index (χ2n) is 4.20. The van der Waals surface area contributed by atoms with E-state index in [1.54, 1.807) is 13.0 Å². The molecule has 0 aliphatic heterocycles. The van der Waals surface area contributed by atoms with Crippen LogP contribution < -0.4 is 5.32 Å². The number of carboxylic acid groups (broad SMARTS) is 1. The quantitative estimate of drug-likeness (QED) is 0.898. The van der Waals surface area contributed by atoms with Crippen LogP contribution >= 0.6 is 0 Å². The Balaban J connectivity index is 2.28. The van der Waals surface area contributed by atoms with Crippen LogP contribution in [-0.4, -0.2) is 17.0 Å². The van der Waals surface area contributed by atoms with Gasteiger partial charge in [-0.1, -0.05) is 18.2 Å². The van der Waals surface area contributed by atoms with Crippen molar-refractivity contribution in [3.8, 4) is 0 Å². The Morgan fingerprint density at radius 3 is 2.55 bits per heavy atom. The lowest BCUT2D eigenvalue weighted by Gasteiger charge is -2.15. The van der Waals surface area contributed by atoms with Gasteiger partial charge in [0.05, 0.1) is 6.26 Å². The van der Waals surface area contributed by atoms with Crippen LogP contribution in [0.1, 0.15) is 27.7 Å². The van der Waals surface area contributed by atoms with Crippen molar-refractivity contribution in [2.75, 3.05) is 0 Å². The molecule has 0 radical (unpaired) electrons. The minimum absolute atomic E-state index is 0.00703. The van der Waals surface area contributed by atoms with Crippen molar-refractivity contribution < 1.29 is 23.5 Å². The van der Waals surface area contributed by atoms with E-state index in [1.807, 2.05) is 0 Å². The summed E-state index contributed by atoms with van der Waals surface area (Å²) >= 11 is 0. The standard InChI is InChI=1S/C14H12FNO4/c1-8-6-7-20-12(8)13(17)16-11(14(18)19)9-4-2-3-5-10(9)15/h2-7,11H,1H3,(H,16,17)(H,18,19)/t11-/m1/s1. The molecule has 2 N–H and O–H groups in total. The van der Waals surface area contributed by atoms with Crippen LogP contribution in [0.5, 0.6) is 0 Å². The molecule has 104 valence electrons. The zero-order chi connectivity index (χ0) is 14.7. The second kappa shape index (κ2) is 5.56. The number of benzene rings is 1. The van der Waals surface area contributed by atoms with Crippen molar-refractivity contribution in [1.29, 1.82) is 0 Å². The molecule has 1 aromatic carbocycles. The molecule has 1 atom stereocenters. The lowest BCUT2D eigenvalue weighted by molar-refractivity contribution is -0.139. The van der Waals surface area contributed by atoms with Gasteiger partial charge in [0.25, 0.3) is 5.91 Å². The molecule has 5 nitrogen and oxygen atoms in total. The van der Waals surface area contributed by atoms with Gasteiger partial charge in [-0.25, -0.2) is 9.18 Å². The molecule has 2 aromatic rings. The van der Waals surface area contributed by atoms with Crippen LogP contribution in [0.25, 0.3) is 0 Å². The van der Waals surface area contributed by atoms with Crippen molar-refractivity contribution in [2.45, 2.75) is 13.0 Å². The molecular formula is C14H12FNO4. The van der Waals surface area contributed by atoms with Gasteiger partial charge in [0.15, 0.2) is 11.8 Å². The molecule has 0 fully saturated rings. The third kappa shape index (κ3) is 2.69. The van der Waals surface area contributed by atoms with Gasteiger partial charge in [0.2, 0.25) is 0 Å². The lowest BCUT2D eigenvalue weighted by Crippen LogP contribution is -2.34. The van der Waals surface area contributed by atoms with Crippen LogP contribution in [0, 0.1) is 12.7 Å². The van der Waals surface area contributed by atoms with Gasteiger partial charge in [-0.15, -0.1) is 0 Å². The number of furan rings is 1. The Morgan fingerprint density at radius 2 is 2.00 bits per heavy atom. The third-order valence-corrected chi connectivity index (χ3v) is 2.81. The zero-order valence-electron chi connectivity index (χ0n) is 10.6. The highest BCUT2D eigenvalue weighted by atomic mass is 19.1. The van der Waals surface area contributed by atoms with Gasteiger partial charge < -0.3 is 14.8 Å². The molecule has 0 spiro atoms. The first kappa shape index (κ1) is 13.8. The minimum atomic E-state index is -1.48. The maximum Gasteiger partial charge on any atom is 0.331 e. The first-order valence-corrected chi connectivity index (χ1v) is 5.83. The molecule has 0 unspecified atom stereocenters. The predicted octanol–water partition coefficient (Wildman–Crippen LogP) is 2.28. The van der Waals surface area contributed by atoms with Crippen molar-refractivity contribution in [3.63, 3.8) is 0 Å². The molecule has 0 aliphatic rings. The highest BCUT2D eigenvalue weighted by molar-refractivity contribution is 5.95. The van der Waals surface area contributed by atoms with E-state index in [2.05, 4.69) is 5.32 Å². The number of nitrogens with one attached hydrogen (secondary N) is 1. The Bertz CT molecular complexity index is 650. The van der Waals surface area contributed by atoms with Gasteiger partial charge in [-0.3, -0.25) is 4.79 Å². The summed E-state index contributed by atoms with van der Waals surface area (Å²) in [4.78, 5) is 23.2. The number of carboxylic acids is 1. The fourth-order valence-corrected chi connectivity index (χ4v) is 1.78. The molecule has 0 saturated heterocycles. The van der Waals surface area contributed by atoms with E-state index in [-0.39, 0.29) is 11.3 Å². The number of rotatable bonds is 4. The van der Waals surface area contributed by atoms with Gasteiger partial charge in [-0.05, 0) is 19.1 Å². The monoisotopic (exact) mass is 277 g/mol. The smallest absolute Gasteiger partial charge is 0.331 e. The Morgan fingerprint density at radius 1 is 1.30 bits per heavy atom. The van der Waals surface area contributed by atoms with Gasteiger partial charge >= 0.3 is 5.97 Å². The number of halogens is 1. The van der Waals surface area contributed by atoms with Crippen molar-refractivity contribution in [1.82, 2.24) is 5.32 Å². The molecule has 1 amide bonds. The first-order valence-electron chi connectivity index (χ1n) is 5.83. The topological polar surface area (TPSA) is 79.5 Å². The summed E-state index contributed by atoms with van der Waals surface area (Å²) in [6.45, 7) is 1.65. The molecular weight excluding hydrogens is 265 g/mol. The summed E-state index contributed by atoms with van der Waals surface area (Å²) in [5.41, 5.74) is 0.456. The van der Waals surface area contributed by atoms with E-state index in [0.29, 0.717) is 5.56 Å². The summed E-state index contributed by atoms with van der Waals surface area (Å²) in [7, 11) is 0. The maximum absolute atomic E-state index is 13.6. The second-order valence-corrected chi connectivity index (χ2v) is 4.20.